The van der Waals surface area contributed by atoms with Crippen LogP contribution in [0.25, 0.3) is 0 Å². The van der Waals surface area contributed by atoms with Gasteiger partial charge in [0.25, 0.3) is 0 Å². The average molecular weight is 436 g/mol. The molecule has 174 valence electrons. The van der Waals surface area contributed by atoms with E-state index in [0.29, 0.717) is 31.6 Å². The summed E-state index contributed by atoms with van der Waals surface area (Å²) < 4.78 is 0. The van der Waals surface area contributed by atoms with Crippen LogP contribution in [-0.2, 0) is 10.4 Å². The summed E-state index contributed by atoms with van der Waals surface area (Å²) in [5.41, 5.74) is -2.63. The molecule has 1 aromatic heterocycles. The summed E-state index contributed by atoms with van der Waals surface area (Å²) in [5, 5.41) is 34.1. The summed E-state index contributed by atoms with van der Waals surface area (Å²) in [7, 11) is 0. The number of aromatic nitrogens is 3. The molecule has 3 rings (SSSR count). The Bertz CT molecular complexity index is 764. The minimum atomic E-state index is -0.537. The Balaban J connectivity index is 1.76. The fraction of sp³-hybridized carbons (Fsp3) is 0.857. The molecule has 3 heterocycles. The van der Waals surface area contributed by atoms with Gasteiger partial charge in [-0.05, 0) is 81.1 Å². The number of hydrogen-bond donors (Lipinski definition) is 3. The SMILES string of the molecule is CC1(C)CC(Nc2nc(NC3CC(C)(C)N([O])C(C)(C)C3)[nH]c(=O)n2)CC(C)(C)N1[O]. The highest BCUT2D eigenvalue weighted by molar-refractivity contribution is 5.35. The molecule has 0 amide bonds. The highest BCUT2D eigenvalue weighted by Gasteiger charge is 2.47. The molecule has 3 N–H and O–H groups in total. The van der Waals surface area contributed by atoms with E-state index in [0.717, 1.165) is 5.06 Å². The quantitative estimate of drug-likeness (QED) is 0.663. The number of hydrogen-bond acceptors (Lipinski definition) is 7. The van der Waals surface area contributed by atoms with Gasteiger partial charge in [0, 0.05) is 34.2 Å². The Kier molecular flexibility index (Phi) is 5.92. The van der Waals surface area contributed by atoms with E-state index in [1.807, 2.05) is 55.4 Å². The Morgan fingerprint density at radius 1 is 0.742 bits per heavy atom. The molecule has 0 bridgehead atoms. The summed E-state index contributed by atoms with van der Waals surface area (Å²) in [6.45, 7) is 15.4. The Morgan fingerprint density at radius 2 is 1.13 bits per heavy atom. The second kappa shape index (κ2) is 7.68. The van der Waals surface area contributed by atoms with Crippen LogP contribution >= 0.6 is 0 Å². The van der Waals surface area contributed by atoms with Crippen molar-refractivity contribution in [3.63, 3.8) is 0 Å². The van der Waals surface area contributed by atoms with Crippen LogP contribution in [0.2, 0.25) is 0 Å². The van der Waals surface area contributed by atoms with Gasteiger partial charge >= 0.3 is 5.69 Å². The zero-order valence-corrected chi connectivity index (χ0v) is 20.0. The first kappa shape index (κ1) is 23.9. The minimum absolute atomic E-state index is 0.0184. The van der Waals surface area contributed by atoms with E-state index in [1.54, 1.807) is 0 Å². The largest absolute Gasteiger partial charge is 0.353 e. The van der Waals surface area contributed by atoms with Crippen LogP contribution in [0, 0.1) is 0 Å². The van der Waals surface area contributed by atoms with Gasteiger partial charge in [-0.15, -0.1) is 20.5 Å². The maximum absolute atomic E-state index is 12.6. The number of hydroxylamine groups is 4. The lowest BCUT2D eigenvalue weighted by Gasteiger charge is -2.50. The monoisotopic (exact) mass is 435 g/mol. The Morgan fingerprint density at radius 3 is 1.55 bits per heavy atom. The summed E-state index contributed by atoms with van der Waals surface area (Å²) in [6.07, 6.45) is 2.48. The molecule has 31 heavy (non-hydrogen) atoms. The van der Waals surface area contributed by atoms with Gasteiger partial charge in [-0.1, -0.05) is 0 Å². The average Bonchev–Trinajstić information content (AvgIpc) is 2.56. The third-order valence-electron chi connectivity index (χ3n) is 6.51. The maximum atomic E-state index is 12.6. The number of H-pyrrole nitrogens is 1. The van der Waals surface area contributed by atoms with E-state index < -0.39 is 27.8 Å². The van der Waals surface area contributed by atoms with Crippen LogP contribution in [-0.4, -0.2) is 59.3 Å². The van der Waals surface area contributed by atoms with Gasteiger partial charge in [0.15, 0.2) is 0 Å². The van der Waals surface area contributed by atoms with Crippen LogP contribution in [0.5, 0.6) is 0 Å². The van der Waals surface area contributed by atoms with Crippen molar-refractivity contribution in [2.24, 2.45) is 0 Å². The summed E-state index contributed by atoms with van der Waals surface area (Å²) in [6, 6.07) is -0.0541. The molecule has 0 atom stereocenters. The lowest BCUT2D eigenvalue weighted by Crippen LogP contribution is -2.61. The smallest absolute Gasteiger partial charge is 0.350 e. The Hall–Kier alpha value is -1.75. The van der Waals surface area contributed by atoms with Crippen LogP contribution in [0.3, 0.4) is 0 Å². The summed E-state index contributed by atoms with van der Waals surface area (Å²) >= 11 is 0. The van der Waals surface area contributed by atoms with E-state index in [4.69, 9.17) is 0 Å². The van der Waals surface area contributed by atoms with Crippen LogP contribution in [0.15, 0.2) is 4.79 Å². The molecule has 10 heteroatoms. The van der Waals surface area contributed by atoms with Crippen molar-refractivity contribution in [2.45, 2.75) is 115 Å². The van der Waals surface area contributed by atoms with Crippen molar-refractivity contribution in [3.8, 4) is 0 Å². The number of nitrogens with zero attached hydrogens (tertiary/aromatic N) is 4. The highest BCUT2D eigenvalue weighted by Crippen LogP contribution is 2.39. The number of rotatable bonds is 4. The molecule has 2 aliphatic rings. The molecule has 2 saturated heterocycles. The van der Waals surface area contributed by atoms with E-state index in [2.05, 4.69) is 25.6 Å². The van der Waals surface area contributed by atoms with Crippen molar-refractivity contribution in [1.29, 1.82) is 0 Å². The highest BCUT2D eigenvalue weighted by atomic mass is 16.5. The van der Waals surface area contributed by atoms with Gasteiger partial charge in [0.05, 0.1) is 0 Å². The molecule has 0 spiro atoms. The van der Waals surface area contributed by atoms with Crippen LogP contribution < -0.4 is 16.3 Å². The number of piperidine rings is 2. The normalized spacial score (nSPS) is 26.5. The van der Waals surface area contributed by atoms with Gasteiger partial charge in [0.1, 0.15) is 0 Å². The van der Waals surface area contributed by atoms with Crippen LogP contribution in [0.1, 0.15) is 81.1 Å². The van der Waals surface area contributed by atoms with Gasteiger partial charge in [0.2, 0.25) is 11.9 Å². The van der Waals surface area contributed by atoms with Gasteiger partial charge in [-0.25, -0.2) is 4.79 Å². The first-order chi connectivity index (χ1) is 14.0. The fourth-order valence-corrected chi connectivity index (χ4v) is 5.62. The summed E-state index contributed by atoms with van der Waals surface area (Å²) in [5.74, 6) is 0.570. The van der Waals surface area contributed by atoms with E-state index in [-0.39, 0.29) is 18.0 Å². The van der Waals surface area contributed by atoms with Crippen molar-refractivity contribution < 1.29 is 10.4 Å². The molecule has 0 aliphatic carbocycles. The van der Waals surface area contributed by atoms with Crippen LogP contribution in [0.4, 0.5) is 11.9 Å². The second-order valence-corrected chi connectivity index (χ2v) is 11.7. The molecule has 0 unspecified atom stereocenters. The molecule has 0 aromatic carbocycles. The standard InChI is InChI=1S/C21H37N7O3/c1-18(2)9-13(10-19(3,4)27(18)30)22-15-24-16(26-17(29)25-15)23-14-11-20(5,6)28(31)21(7,8)12-14/h13-14H,9-12H2,1-8H3,(H3,22,23,24,25,26,29). The molecule has 2 aliphatic heterocycles. The number of nitrogens with one attached hydrogen (secondary N) is 3. The molecule has 10 nitrogen and oxygen atoms in total. The summed E-state index contributed by atoms with van der Waals surface area (Å²) in [4.78, 5) is 23.3. The fourth-order valence-electron chi connectivity index (χ4n) is 5.62. The lowest BCUT2D eigenvalue weighted by atomic mass is 9.79. The third-order valence-corrected chi connectivity index (χ3v) is 6.51. The second-order valence-electron chi connectivity index (χ2n) is 11.7. The molecule has 2 radical (unpaired) electrons. The third kappa shape index (κ3) is 5.02. The van der Waals surface area contributed by atoms with E-state index in [9.17, 15) is 15.2 Å². The van der Waals surface area contributed by atoms with Gasteiger partial charge in [-0.3, -0.25) is 4.98 Å². The number of anilines is 2. The molecule has 0 saturated carbocycles. The number of aromatic amines is 1. The zero-order valence-electron chi connectivity index (χ0n) is 20.0. The molecular formula is C21H37N7O3. The minimum Gasteiger partial charge on any atom is -0.353 e. The molecule has 1 aromatic rings. The zero-order chi connectivity index (χ0) is 23.4. The van der Waals surface area contributed by atoms with Gasteiger partial charge in [-0.2, -0.15) is 9.97 Å². The van der Waals surface area contributed by atoms with E-state index in [1.165, 1.54) is 5.06 Å². The maximum Gasteiger partial charge on any atom is 0.350 e. The predicted molar refractivity (Wildman–Crippen MR) is 117 cm³/mol. The molecular weight excluding hydrogens is 398 g/mol. The first-order valence-electron chi connectivity index (χ1n) is 11.0. The van der Waals surface area contributed by atoms with Crippen molar-refractivity contribution in [3.05, 3.63) is 10.5 Å². The van der Waals surface area contributed by atoms with Crippen molar-refractivity contribution in [1.82, 2.24) is 25.1 Å². The van der Waals surface area contributed by atoms with Crippen molar-refractivity contribution in [2.75, 3.05) is 10.6 Å². The van der Waals surface area contributed by atoms with Gasteiger partial charge < -0.3 is 10.6 Å². The van der Waals surface area contributed by atoms with Crippen molar-refractivity contribution >= 4 is 11.9 Å². The lowest BCUT2D eigenvalue weighted by molar-refractivity contribution is -0.288. The predicted octanol–water partition coefficient (Wildman–Crippen LogP) is 2.72. The Labute approximate surface area is 184 Å². The molecule has 2 fully saturated rings. The topological polar surface area (TPSA) is 129 Å². The first-order valence-corrected chi connectivity index (χ1v) is 11.0. The van der Waals surface area contributed by atoms with E-state index >= 15 is 0 Å².